The number of hydrogen-bond acceptors (Lipinski definition) is 6. The van der Waals surface area contributed by atoms with Crippen LogP contribution in [0.2, 0.25) is 0 Å². The molecule has 0 bridgehead atoms. The van der Waals surface area contributed by atoms with Gasteiger partial charge in [0.05, 0.1) is 26.5 Å². The second-order valence-corrected chi connectivity index (χ2v) is 5.22. The summed E-state index contributed by atoms with van der Waals surface area (Å²) in [6.45, 7) is 3.18. The summed E-state index contributed by atoms with van der Waals surface area (Å²) in [4.78, 5) is 26.0. The second-order valence-electron chi connectivity index (χ2n) is 5.22. The number of rotatable bonds is 5. The maximum absolute atomic E-state index is 12.6. The van der Waals surface area contributed by atoms with Gasteiger partial charge in [0.15, 0.2) is 17.6 Å². The Hall–Kier alpha value is -2.28. The molecule has 1 amide bonds. The monoisotopic (exact) mass is 323 g/mol. The third-order valence-electron chi connectivity index (χ3n) is 3.81. The molecular weight excluding hydrogens is 302 g/mol. The number of carbonyl (C=O) groups is 2. The van der Waals surface area contributed by atoms with Crippen molar-refractivity contribution in [2.75, 3.05) is 19.1 Å². The number of aliphatic hydroxyl groups is 1. The molecule has 2 atom stereocenters. The first-order chi connectivity index (χ1) is 11.0. The van der Waals surface area contributed by atoms with E-state index in [0.717, 1.165) is 0 Å². The van der Waals surface area contributed by atoms with Crippen molar-refractivity contribution in [3.05, 3.63) is 17.7 Å². The van der Waals surface area contributed by atoms with Crippen LogP contribution in [-0.2, 0) is 20.9 Å². The van der Waals surface area contributed by atoms with E-state index in [2.05, 4.69) is 0 Å². The van der Waals surface area contributed by atoms with E-state index in [1.165, 1.54) is 19.1 Å². The summed E-state index contributed by atoms with van der Waals surface area (Å²) in [5, 5.41) is 9.42. The highest BCUT2D eigenvalue weighted by Gasteiger charge is 2.40. The van der Waals surface area contributed by atoms with Gasteiger partial charge in [0.1, 0.15) is 6.04 Å². The van der Waals surface area contributed by atoms with E-state index in [0.29, 0.717) is 29.2 Å². The Morgan fingerprint density at radius 1 is 1.43 bits per heavy atom. The number of benzene rings is 1. The molecule has 7 nitrogen and oxygen atoms in total. The maximum Gasteiger partial charge on any atom is 0.328 e. The number of esters is 1. The topological polar surface area (TPSA) is 85.3 Å². The minimum Gasteiger partial charge on any atom is -0.493 e. The first kappa shape index (κ1) is 17.1. The van der Waals surface area contributed by atoms with Crippen molar-refractivity contribution >= 4 is 17.6 Å². The number of ether oxygens (including phenoxy) is 3. The quantitative estimate of drug-likeness (QED) is 0.821. The Morgan fingerprint density at radius 2 is 2.13 bits per heavy atom. The molecule has 126 valence electrons. The molecule has 23 heavy (non-hydrogen) atoms. The van der Waals surface area contributed by atoms with Gasteiger partial charge in [-0.25, -0.2) is 4.79 Å². The molecule has 7 heteroatoms. The number of amides is 1. The molecule has 0 saturated carbocycles. The summed E-state index contributed by atoms with van der Waals surface area (Å²) < 4.78 is 15.8. The molecule has 1 N–H and O–H groups in total. The molecule has 1 aromatic carbocycles. The lowest BCUT2D eigenvalue weighted by Crippen LogP contribution is -2.52. The van der Waals surface area contributed by atoms with Gasteiger partial charge < -0.3 is 19.3 Å². The van der Waals surface area contributed by atoms with Crippen molar-refractivity contribution in [2.24, 2.45) is 0 Å². The maximum atomic E-state index is 12.6. The molecule has 1 aromatic rings. The summed E-state index contributed by atoms with van der Waals surface area (Å²) in [6, 6.07) is 2.49. The van der Waals surface area contributed by atoms with Crippen molar-refractivity contribution in [2.45, 2.75) is 39.0 Å². The van der Waals surface area contributed by atoms with Gasteiger partial charge in [-0.05, 0) is 31.0 Å². The SMILES string of the molecule is CCC(C(=O)OC)N1C(=O)C(C)Oc2c(OC)cc(CO)cc21. The highest BCUT2D eigenvalue weighted by Crippen LogP contribution is 2.44. The van der Waals surface area contributed by atoms with Gasteiger partial charge in [-0.2, -0.15) is 0 Å². The average Bonchev–Trinajstić information content (AvgIpc) is 2.57. The molecule has 1 aliphatic heterocycles. The zero-order chi connectivity index (χ0) is 17.1. The number of fused-ring (bicyclic) bond motifs is 1. The van der Waals surface area contributed by atoms with E-state index in [1.807, 2.05) is 0 Å². The lowest BCUT2D eigenvalue weighted by molar-refractivity contribution is -0.144. The lowest BCUT2D eigenvalue weighted by Gasteiger charge is -2.37. The predicted molar refractivity (Wildman–Crippen MR) is 82.6 cm³/mol. The number of methoxy groups -OCH3 is 2. The van der Waals surface area contributed by atoms with Crippen LogP contribution in [-0.4, -0.2) is 43.3 Å². The third kappa shape index (κ3) is 2.96. The van der Waals surface area contributed by atoms with Crippen LogP contribution in [0, 0.1) is 0 Å². The van der Waals surface area contributed by atoms with Gasteiger partial charge >= 0.3 is 5.97 Å². The molecule has 2 unspecified atom stereocenters. The lowest BCUT2D eigenvalue weighted by atomic mass is 10.1. The van der Waals surface area contributed by atoms with Crippen LogP contribution in [0.5, 0.6) is 11.5 Å². The molecule has 0 aliphatic carbocycles. The molecule has 0 spiro atoms. The van der Waals surface area contributed by atoms with Crippen LogP contribution >= 0.6 is 0 Å². The molecular formula is C16H21NO6. The van der Waals surface area contributed by atoms with Crippen LogP contribution in [0.3, 0.4) is 0 Å². The van der Waals surface area contributed by atoms with E-state index >= 15 is 0 Å². The van der Waals surface area contributed by atoms with Crippen molar-refractivity contribution in [1.29, 1.82) is 0 Å². The molecule has 0 fully saturated rings. The Morgan fingerprint density at radius 3 is 2.65 bits per heavy atom. The molecule has 1 heterocycles. The molecule has 0 radical (unpaired) electrons. The van der Waals surface area contributed by atoms with Crippen LogP contribution in [0.25, 0.3) is 0 Å². The number of nitrogens with zero attached hydrogens (tertiary/aromatic N) is 1. The van der Waals surface area contributed by atoms with Gasteiger partial charge in [0.2, 0.25) is 0 Å². The van der Waals surface area contributed by atoms with E-state index in [4.69, 9.17) is 14.2 Å². The van der Waals surface area contributed by atoms with Crippen LogP contribution in [0.4, 0.5) is 5.69 Å². The van der Waals surface area contributed by atoms with Gasteiger partial charge in [-0.1, -0.05) is 6.92 Å². The van der Waals surface area contributed by atoms with Gasteiger partial charge in [-0.3, -0.25) is 9.69 Å². The zero-order valence-corrected chi connectivity index (χ0v) is 13.7. The van der Waals surface area contributed by atoms with E-state index in [-0.39, 0.29) is 12.5 Å². The fourth-order valence-electron chi connectivity index (χ4n) is 2.64. The zero-order valence-electron chi connectivity index (χ0n) is 13.7. The highest BCUT2D eigenvalue weighted by atomic mass is 16.5. The van der Waals surface area contributed by atoms with Crippen molar-refractivity contribution in [3.63, 3.8) is 0 Å². The summed E-state index contributed by atoms with van der Waals surface area (Å²) in [7, 11) is 2.76. The smallest absolute Gasteiger partial charge is 0.328 e. The Kier molecular flexibility index (Phi) is 5.10. The minimum absolute atomic E-state index is 0.226. The summed E-state index contributed by atoms with van der Waals surface area (Å²) in [5.74, 6) is -0.0732. The molecule has 0 aromatic heterocycles. The van der Waals surface area contributed by atoms with Crippen LogP contribution in [0.1, 0.15) is 25.8 Å². The van der Waals surface area contributed by atoms with Crippen LogP contribution < -0.4 is 14.4 Å². The Bertz CT molecular complexity index is 615. The number of anilines is 1. The fraction of sp³-hybridized carbons (Fsp3) is 0.500. The standard InChI is InChI=1S/C16H21NO6/c1-5-11(16(20)22-4)17-12-6-10(8-18)7-13(21-3)14(12)23-9(2)15(17)19/h6-7,9,11,18H,5,8H2,1-4H3. The van der Waals surface area contributed by atoms with E-state index in [9.17, 15) is 14.7 Å². The summed E-state index contributed by atoms with van der Waals surface area (Å²) >= 11 is 0. The average molecular weight is 323 g/mol. The largest absolute Gasteiger partial charge is 0.493 e. The highest BCUT2D eigenvalue weighted by molar-refractivity contribution is 6.05. The first-order valence-electron chi connectivity index (χ1n) is 7.37. The Balaban J connectivity index is 2.64. The number of hydrogen-bond donors (Lipinski definition) is 1. The second kappa shape index (κ2) is 6.87. The van der Waals surface area contributed by atoms with Crippen molar-refractivity contribution < 1.29 is 28.9 Å². The summed E-state index contributed by atoms with van der Waals surface area (Å²) in [5.41, 5.74) is 0.949. The van der Waals surface area contributed by atoms with Crippen LogP contribution in [0.15, 0.2) is 12.1 Å². The normalized spacial score (nSPS) is 18.0. The van der Waals surface area contributed by atoms with E-state index in [1.54, 1.807) is 26.0 Å². The molecule has 1 aliphatic rings. The van der Waals surface area contributed by atoms with Gasteiger partial charge in [0, 0.05) is 0 Å². The Labute approximate surface area is 134 Å². The van der Waals surface area contributed by atoms with Crippen molar-refractivity contribution in [1.82, 2.24) is 0 Å². The number of aliphatic hydroxyl groups excluding tert-OH is 1. The molecule has 0 saturated heterocycles. The van der Waals surface area contributed by atoms with Crippen molar-refractivity contribution in [3.8, 4) is 11.5 Å². The fourth-order valence-corrected chi connectivity index (χ4v) is 2.64. The first-order valence-corrected chi connectivity index (χ1v) is 7.37. The van der Waals surface area contributed by atoms with E-state index < -0.39 is 18.1 Å². The minimum atomic E-state index is -0.767. The summed E-state index contributed by atoms with van der Waals surface area (Å²) in [6.07, 6.45) is -0.369. The molecule has 2 rings (SSSR count). The third-order valence-corrected chi connectivity index (χ3v) is 3.81. The number of carbonyl (C=O) groups excluding carboxylic acids is 2. The van der Waals surface area contributed by atoms with Gasteiger partial charge in [0.25, 0.3) is 5.91 Å². The predicted octanol–water partition coefficient (Wildman–Crippen LogP) is 1.25. The van der Waals surface area contributed by atoms with Gasteiger partial charge in [-0.15, -0.1) is 0 Å².